The van der Waals surface area contributed by atoms with E-state index < -0.39 is 15.6 Å². The van der Waals surface area contributed by atoms with E-state index in [1.807, 2.05) is 16.8 Å². The summed E-state index contributed by atoms with van der Waals surface area (Å²) in [4.78, 5) is 4.55. The molecule has 0 aromatic carbocycles. The van der Waals surface area contributed by atoms with E-state index in [0.717, 1.165) is 44.3 Å². The Labute approximate surface area is 163 Å². The third kappa shape index (κ3) is 4.42. The molecule has 2 aromatic rings. The second-order valence-electron chi connectivity index (χ2n) is 7.42. The molecule has 4 rings (SSSR count). The standard InChI is InChI=1S/C18H25N3O4S2/c22-27(23,12-7-15-5-4-10-24-15)21-18(8-2-1-3-9-18)17-19-16(20-25-17)14-6-11-26-13-14/h6,11,13,15,21H,1-5,7-10,12H2. The van der Waals surface area contributed by atoms with Crippen LogP contribution in [0.25, 0.3) is 11.4 Å². The number of hydrogen-bond acceptors (Lipinski definition) is 7. The Morgan fingerprint density at radius 1 is 1.26 bits per heavy atom. The lowest BCUT2D eigenvalue weighted by Gasteiger charge is -2.34. The number of rotatable bonds is 7. The van der Waals surface area contributed by atoms with Crippen LogP contribution in [0, 0.1) is 0 Å². The van der Waals surface area contributed by atoms with Crippen LogP contribution in [-0.4, -0.2) is 37.0 Å². The van der Waals surface area contributed by atoms with Crippen molar-refractivity contribution in [2.75, 3.05) is 12.4 Å². The first-order valence-electron chi connectivity index (χ1n) is 9.56. The van der Waals surface area contributed by atoms with Crippen molar-refractivity contribution in [1.82, 2.24) is 14.9 Å². The van der Waals surface area contributed by atoms with Crippen molar-refractivity contribution in [1.29, 1.82) is 0 Å². The SMILES string of the molecule is O=S(=O)(CCC1CCCO1)NC1(c2nc(-c3ccsc3)no2)CCCCC1. The molecule has 1 saturated heterocycles. The summed E-state index contributed by atoms with van der Waals surface area (Å²) >= 11 is 1.56. The Hall–Kier alpha value is -1.29. The molecule has 148 valence electrons. The summed E-state index contributed by atoms with van der Waals surface area (Å²) in [5.74, 6) is 0.948. The van der Waals surface area contributed by atoms with Gasteiger partial charge in [0.25, 0.3) is 0 Å². The molecule has 0 radical (unpaired) electrons. The van der Waals surface area contributed by atoms with Gasteiger partial charge in [0, 0.05) is 17.6 Å². The van der Waals surface area contributed by atoms with Gasteiger partial charge in [0.05, 0.1) is 11.9 Å². The molecule has 0 amide bonds. The highest BCUT2D eigenvalue weighted by Gasteiger charge is 2.42. The molecule has 7 nitrogen and oxygen atoms in total. The normalized spacial score (nSPS) is 22.9. The van der Waals surface area contributed by atoms with Crippen molar-refractivity contribution in [3.05, 3.63) is 22.7 Å². The lowest BCUT2D eigenvalue weighted by atomic mass is 9.82. The number of thiophene rings is 1. The van der Waals surface area contributed by atoms with Gasteiger partial charge in [-0.2, -0.15) is 21.0 Å². The molecular formula is C18H25N3O4S2. The van der Waals surface area contributed by atoms with Gasteiger partial charge >= 0.3 is 0 Å². The van der Waals surface area contributed by atoms with Gasteiger partial charge < -0.3 is 9.26 Å². The minimum atomic E-state index is -3.48. The molecule has 1 saturated carbocycles. The van der Waals surface area contributed by atoms with Gasteiger partial charge in [-0.15, -0.1) is 0 Å². The van der Waals surface area contributed by atoms with Crippen molar-refractivity contribution in [2.45, 2.75) is 63.0 Å². The summed E-state index contributed by atoms with van der Waals surface area (Å²) < 4.78 is 39.7. The number of nitrogens with zero attached hydrogens (tertiary/aromatic N) is 2. The average molecular weight is 412 g/mol. The highest BCUT2D eigenvalue weighted by molar-refractivity contribution is 7.89. The van der Waals surface area contributed by atoms with E-state index in [-0.39, 0.29) is 11.9 Å². The second kappa shape index (κ2) is 7.98. The highest BCUT2D eigenvalue weighted by atomic mass is 32.2. The summed E-state index contributed by atoms with van der Waals surface area (Å²) in [6.07, 6.45) is 6.84. The maximum absolute atomic E-state index is 12.8. The fourth-order valence-electron chi connectivity index (χ4n) is 3.95. The lowest BCUT2D eigenvalue weighted by Crippen LogP contribution is -2.48. The largest absolute Gasteiger partial charge is 0.378 e. The molecule has 2 fully saturated rings. The zero-order valence-corrected chi connectivity index (χ0v) is 16.9. The maximum Gasteiger partial charge on any atom is 0.248 e. The number of aromatic nitrogens is 2. The first-order chi connectivity index (χ1) is 13.1. The molecule has 2 aliphatic rings. The molecular weight excluding hydrogens is 386 g/mol. The van der Waals surface area contributed by atoms with Crippen LogP contribution in [0.1, 0.15) is 57.3 Å². The van der Waals surface area contributed by atoms with E-state index in [9.17, 15) is 8.42 Å². The minimum absolute atomic E-state index is 0.0532. The van der Waals surface area contributed by atoms with Crippen LogP contribution < -0.4 is 4.72 Å². The molecule has 1 atom stereocenters. The molecule has 9 heteroatoms. The van der Waals surface area contributed by atoms with Crippen LogP contribution in [0.2, 0.25) is 0 Å². The number of nitrogens with one attached hydrogen (secondary N) is 1. The Kier molecular flexibility index (Phi) is 5.63. The first-order valence-corrected chi connectivity index (χ1v) is 12.2. The zero-order chi connectivity index (χ0) is 18.7. The van der Waals surface area contributed by atoms with E-state index in [1.165, 1.54) is 0 Å². The van der Waals surface area contributed by atoms with E-state index in [0.29, 0.717) is 31.0 Å². The highest BCUT2D eigenvalue weighted by Crippen LogP contribution is 2.38. The summed E-state index contributed by atoms with van der Waals surface area (Å²) in [6, 6.07) is 1.93. The van der Waals surface area contributed by atoms with Crippen LogP contribution in [0.15, 0.2) is 21.3 Å². The molecule has 1 aliphatic heterocycles. The van der Waals surface area contributed by atoms with E-state index >= 15 is 0 Å². The van der Waals surface area contributed by atoms with Crippen LogP contribution >= 0.6 is 11.3 Å². The Morgan fingerprint density at radius 3 is 2.81 bits per heavy atom. The summed E-state index contributed by atoms with van der Waals surface area (Å²) in [5.41, 5.74) is 0.0942. The summed E-state index contributed by atoms with van der Waals surface area (Å²) in [7, 11) is -3.48. The van der Waals surface area contributed by atoms with Gasteiger partial charge in [0.15, 0.2) is 0 Å². The monoisotopic (exact) mass is 411 g/mol. The molecule has 1 aliphatic carbocycles. The minimum Gasteiger partial charge on any atom is -0.378 e. The van der Waals surface area contributed by atoms with E-state index in [4.69, 9.17) is 9.26 Å². The van der Waals surface area contributed by atoms with Gasteiger partial charge in [0.2, 0.25) is 21.7 Å². The van der Waals surface area contributed by atoms with Crippen molar-refractivity contribution < 1.29 is 17.7 Å². The molecule has 1 unspecified atom stereocenters. The van der Waals surface area contributed by atoms with Gasteiger partial charge in [-0.25, -0.2) is 8.42 Å². The van der Waals surface area contributed by atoms with Crippen LogP contribution in [0.4, 0.5) is 0 Å². The van der Waals surface area contributed by atoms with Gasteiger partial charge in [-0.3, -0.25) is 0 Å². The molecule has 27 heavy (non-hydrogen) atoms. The lowest BCUT2D eigenvalue weighted by molar-refractivity contribution is 0.108. The number of ether oxygens (including phenoxy) is 1. The molecule has 2 aromatic heterocycles. The Morgan fingerprint density at radius 2 is 2.11 bits per heavy atom. The second-order valence-corrected chi connectivity index (χ2v) is 10.0. The molecule has 3 heterocycles. The fraction of sp³-hybridized carbons (Fsp3) is 0.667. The predicted octanol–water partition coefficient (Wildman–Crippen LogP) is 3.45. The van der Waals surface area contributed by atoms with Crippen LogP contribution in [0.3, 0.4) is 0 Å². The molecule has 1 N–H and O–H groups in total. The van der Waals surface area contributed by atoms with Crippen LogP contribution in [-0.2, 0) is 20.3 Å². The fourth-order valence-corrected chi connectivity index (χ4v) is 6.15. The smallest absolute Gasteiger partial charge is 0.248 e. The van der Waals surface area contributed by atoms with Gasteiger partial charge in [-0.1, -0.05) is 24.4 Å². The molecule has 0 bridgehead atoms. The third-order valence-electron chi connectivity index (χ3n) is 5.41. The Bertz CT molecular complexity index is 836. The Balaban J connectivity index is 1.53. The topological polar surface area (TPSA) is 94.3 Å². The third-order valence-corrected chi connectivity index (χ3v) is 7.56. The van der Waals surface area contributed by atoms with Crippen molar-refractivity contribution >= 4 is 21.4 Å². The quantitative estimate of drug-likeness (QED) is 0.750. The van der Waals surface area contributed by atoms with E-state index in [2.05, 4.69) is 14.9 Å². The van der Waals surface area contributed by atoms with Crippen molar-refractivity contribution in [2.24, 2.45) is 0 Å². The first kappa shape index (κ1) is 19.0. The maximum atomic E-state index is 12.8. The zero-order valence-electron chi connectivity index (χ0n) is 15.2. The molecule has 0 spiro atoms. The van der Waals surface area contributed by atoms with Crippen molar-refractivity contribution in [3.63, 3.8) is 0 Å². The van der Waals surface area contributed by atoms with Crippen LogP contribution in [0.5, 0.6) is 0 Å². The summed E-state index contributed by atoms with van der Waals surface area (Å²) in [5, 5.41) is 7.99. The van der Waals surface area contributed by atoms with Gasteiger partial charge in [-0.05, 0) is 43.6 Å². The van der Waals surface area contributed by atoms with Crippen molar-refractivity contribution in [3.8, 4) is 11.4 Å². The summed E-state index contributed by atoms with van der Waals surface area (Å²) in [6.45, 7) is 0.732. The van der Waals surface area contributed by atoms with E-state index in [1.54, 1.807) is 11.3 Å². The van der Waals surface area contributed by atoms with Gasteiger partial charge in [0.1, 0.15) is 5.54 Å². The predicted molar refractivity (Wildman–Crippen MR) is 103 cm³/mol. The average Bonchev–Trinajstić information content (AvgIpc) is 3.42. The number of hydrogen-bond donors (Lipinski definition) is 1. The number of sulfonamides is 1.